The molecule has 0 fully saturated rings. The number of fused-ring (bicyclic) bond motifs is 1. The van der Waals surface area contributed by atoms with Gasteiger partial charge in [0, 0.05) is 18.1 Å². The van der Waals surface area contributed by atoms with E-state index in [1.54, 1.807) is 0 Å². The van der Waals surface area contributed by atoms with Gasteiger partial charge in [-0.05, 0) is 30.2 Å². The predicted octanol–water partition coefficient (Wildman–Crippen LogP) is 4.14. The Kier molecular flexibility index (Phi) is 3.91. The van der Waals surface area contributed by atoms with Crippen LogP contribution in [0.3, 0.4) is 0 Å². The molecule has 108 valence electrons. The van der Waals surface area contributed by atoms with E-state index in [0.717, 1.165) is 24.3 Å². The Hall–Kier alpha value is -2.29. The van der Waals surface area contributed by atoms with Gasteiger partial charge >= 0.3 is 0 Å². The molecule has 2 aromatic carbocycles. The smallest absolute Gasteiger partial charge is 0.0894 e. The first kappa shape index (κ1) is 13.7. The molecule has 3 rings (SSSR count). The summed E-state index contributed by atoms with van der Waals surface area (Å²) in [5, 5.41) is 9.28. The van der Waals surface area contributed by atoms with Gasteiger partial charge in [0.25, 0.3) is 0 Å². The standard InChI is InChI=1S/C18H21N3/c1-3-6-14-9-11-15(12-10-14)19-13-17-16-7-4-5-8-18(16)21(2)20-17/h4-5,7-12,19H,3,6,13H2,1-2H3. The first-order valence-corrected chi connectivity index (χ1v) is 7.51. The number of anilines is 1. The maximum Gasteiger partial charge on any atom is 0.0894 e. The Morgan fingerprint density at radius 1 is 1.05 bits per heavy atom. The van der Waals surface area contributed by atoms with E-state index in [9.17, 15) is 0 Å². The molecule has 0 aliphatic rings. The van der Waals surface area contributed by atoms with E-state index < -0.39 is 0 Å². The zero-order chi connectivity index (χ0) is 14.7. The molecule has 0 aliphatic heterocycles. The zero-order valence-electron chi connectivity index (χ0n) is 12.6. The lowest BCUT2D eigenvalue weighted by Gasteiger charge is -2.06. The van der Waals surface area contributed by atoms with Crippen LogP contribution in [0.1, 0.15) is 24.6 Å². The van der Waals surface area contributed by atoms with E-state index >= 15 is 0 Å². The Labute approximate surface area is 125 Å². The number of nitrogens with zero attached hydrogens (tertiary/aromatic N) is 2. The molecule has 0 amide bonds. The molecule has 0 saturated carbocycles. The van der Waals surface area contributed by atoms with E-state index in [1.165, 1.54) is 22.9 Å². The minimum atomic E-state index is 0.745. The van der Waals surface area contributed by atoms with Gasteiger partial charge in [-0.15, -0.1) is 0 Å². The summed E-state index contributed by atoms with van der Waals surface area (Å²) in [6.45, 7) is 2.95. The summed E-state index contributed by atoms with van der Waals surface area (Å²) in [5.74, 6) is 0. The van der Waals surface area contributed by atoms with Crippen molar-refractivity contribution >= 4 is 16.6 Å². The summed E-state index contributed by atoms with van der Waals surface area (Å²) < 4.78 is 1.94. The molecule has 1 heterocycles. The summed E-state index contributed by atoms with van der Waals surface area (Å²) in [7, 11) is 1.99. The minimum Gasteiger partial charge on any atom is -0.379 e. The predicted molar refractivity (Wildman–Crippen MR) is 88.5 cm³/mol. The van der Waals surface area contributed by atoms with Crippen molar-refractivity contribution in [2.24, 2.45) is 7.05 Å². The van der Waals surface area contributed by atoms with Crippen LogP contribution in [0.2, 0.25) is 0 Å². The van der Waals surface area contributed by atoms with Crippen LogP contribution in [-0.4, -0.2) is 9.78 Å². The maximum absolute atomic E-state index is 4.61. The molecule has 3 heteroatoms. The average Bonchev–Trinajstić information content (AvgIpc) is 2.84. The number of aryl methyl sites for hydroxylation is 2. The zero-order valence-corrected chi connectivity index (χ0v) is 12.6. The highest BCUT2D eigenvalue weighted by Crippen LogP contribution is 2.19. The lowest BCUT2D eigenvalue weighted by Crippen LogP contribution is -2.01. The summed E-state index contributed by atoms with van der Waals surface area (Å²) in [5.41, 5.74) is 4.80. The summed E-state index contributed by atoms with van der Waals surface area (Å²) >= 11 is 0. The SMILES string of the molecule is CCCc1ccc(NCc2nn(C)c3ccccc23)cc1. The van der Waals surface area contributed by atoms with Gasteiger partial charge < -0.3 is 5.32 Å². The third kappa shape index (κ3) is 2.92. The van der Waals surface area contributed by atoms with Gasteiger partial charge in [-0.2, -0.15) is 5.10 Å². The molecule has 3 aromatic rings. The van der Waals surface area contributed by atoms with Gasteiger partial charge in [0.1, 0.15) is 0 Å². The van der Waals surface area contributed by atoms with Crippen LogP contribution in [-0.2, 0) is 20.0 Å². The molecule has 0 atom stereocenters. The van der Waals surface area contributed by atoms with Crippen molar-refractivity contribution in [1.82, 2.24) is 9.78 Å². The molecular weight excluding hydrogens is 258 g/mol. The highest BCUT2D eigenvalue weighted by Gasteiger charge is 2.07. The first-order chi connectivity index (χ1) is 10.3. The van der Waals surface area contributed by atoms with Crippen LogP contribution >= 0.6 is 0 Å². The number of benzene rings is 2. The quantitative estimate of drug-likeness (QED) is 0.760. The number of hydrogen-bond donors (Lipinski definition) is 1. The van der Waals surface area contributed by atoms with Gasteiger partial charge in [-0.3, -0.25) is 4.68 Å². The second-order valence-electron chi connectivity index (χ2n) is 5.39. The van der Waals surface area contributed by atoms with Gasteiger partial charge in [-0.25, -0.2) is 0 Å². The van der Waals surface area contributed by atoms with Crippen molar-refractivity contribution in [2.45, 2.75) is 26.3 Å². The molecular formula is C18H21N3. The Morgan fingerprint density at radius 3 is 2.57 bits per heavy atom. The number of para-hydroxylation sites is 1. The lowest BCUT2D eigenvalue weighted by atomic mass is 10.1. The van der Waals surface area contributed by atoms with Crippen LogP contribution in [0.4, 0.5) is 5.69 Å². The van der Waals surface area contributed by atoms with Crippen molar-refractivity contribution in [3.63, 3.8) is 0 Å². The fourth-order valence-electron chi connectivity index (χ4n) is 2.68. The second kappa shape index (κ2) is 6.00. The van der Waals surface area contributed by atoms with Crippen molar-refractivity contribution in [1.29, 1.82) is 0 Å². The molecule has 0 radical (unpaired) electrons. The summed E-state index contributed by atoms with van der Waals surface area (Å²) in [6, 6.07) is 17.0. The van der Waals surface area contributed by atoms with E-state index in [0.29, 0.717) is 0 Å². The maximum atomic E-state index is 4.61. The highest BCUT2D eigenvalue weighted by molar-refractivity contribution is 5.82. The van der Waals surface area contributed by atoms with Gasteiger partial charge in [-0.1, -0.05) is 43.7 Å². The third-order valence-corrected chi connectivity index (χ3v) is 3.79. The first-order valence-electron chi connectivity index (χ1n) is 7.51. The Morgan fingerprint density at radius 2 is 1.81 bits per heavy atom. The van der Waals surface area contributed by atoms with Crippen LogP contribution in [0.15, 0.2) is 48.5 Å². The molecule has 0 saturated heterocycles. The van der Waals surface area contributed by atoms with Crippen molar-refractivity contribution < 1.29 is 0 Å². The van der Waals surface area contributed by atoms with E-state index in [4.69, 9.17) is 0 Å². The normalized spacial score (nSPS) is 11.0. The van der Waals surface area contributed by atoms with Crippen LogP contribution < -0.4 is 5.32 Å². The van der Waals surface area contributed by atoms with E-state index in [-0.39, 0.29) is 0 Å². The fourth-order valence-corrected chi connectivity index (χ4v) is 2.68. The van der Waals surface area contributed by atoms with Crippen molar-refractivity contribution in [2.75, 3.05) is 5.32 Å². The van der Waals surface area contributed by atoms with E-state index in [1.807, 2.05) is 17.8 Å². The number of hydrogen-bond acceptors (Lipinski definition) is 2. The van der Waals surface area contributed by atoms with E-state index in [2.05, 4.69) is 59.8 Å². The summed E-state index contributed by atoms with van der Waals surface area (Å²) in [6.07, 6.45) is 2.33. The highest BCUT2D eigenvalue weighted by atomic mass is 15.3. The molecule has 0 bridgehead atoms. The fraction of sp³-hybridized carbons (Fsp3) is 0.278. The molecule has 0 spiro atoms. The van der Waals surface area contributed by atoms with Crippen LogP contribution in [0, 0.1) is 0 Å². The monoisotopic (exact) mass is 279 g/mol. The second-order valence-corrected chi connectivity index (χ2v) is 5.39. The largest absolute Gasteiger partial charge is 0.379 e. The minimum absolute atomic E-state index is 0.745. The molecule has 21 heavy (non-hydrogen) atoms. The topological polar surface area (TPSA) is 29.9 Å². The van der Waals surface area contributed by atoms with Gasteiger partial charge in [0.2, 0.25) is 0 Å². The molecule has 1 N–H and O–H groups in total. The van der Waals surface area contributed by atoms with Crippen LogP contribution in [0.25, 0.3) is 10.9 Å². The number of aromatic nitrogens is 2. The number of nitrogens with one attached hydrogen (secondary N) is 1. The molecule has 3 nitrogen and oxygen atoms in total. The van der Waals surface area contributed by atoms with Gasteiger partial charge in [0.15, 0.2) is 0 Å². The molecule has 1 aromatic heterocycles. The lowest BCUT2D eigenvalue weighted by molar-refractivity contribution is 0.771. The van der Waals surface area contributed by atoms with Crippen molar-refractivity contribution in [3.8, 4) is 0 Å². The molecule has 0 aliphatic carbocycles. The van der Waals surface area contributed by atoms with Crippen molar-refractivity contribution in [3.05, 3.63) is 59.8 Å². The number of rotatable bonds is 5. The van der Waals surface area contributed by atoms with Gasteiger partial charge in [0.05, 0.1) is 17.8 Å². The van der Waals surface area contributed by atoms with Crippen LogP contribution in [0.5, 0.6) is 0 Å². The third-order valence-electron chi connectivity index (χ3n) is 3.79. The average molecular weight is 279 g/mol. The Bertz CT molecular complexity index is 726. The summed E-state index contributed by atoms with van der Waals surface area (Å²) in [4.78, 5) is 0. The molecule has 0 unspecified atom stereocenters. The Balaban J connectivity index is 1.74.